The van der Waals surface area contributed by atoms with Gasteiger partial charge in [0.05, 0.1) is 0 Å². The summed E-state index contributed by atoms with van der Waals surface area (Å²) in [6.45, 7) is 12.5. The van der Waals surface area contributed by atoms with E-state index in [9.17, 15) is 0 Å². The average Bonchev–Trinajstić information content (AvgIpc) is 2.28. The molecule has 0 aromatic heterocycles. The molecule has 0 atom stereocenters. The van der Waals surface area contributed by atoms with Gasteiger partial charge >= 0.3 is 0 Å². The van der Waals surface area contributed by atoms with Gasteiger partial charge in [-0.2, -0.15) is 0 Å². The van der Waals surface area contributed by atoms with Crippen molar-refractivity contribution in [3.8, 4) is 0 Å². The maximum Gasteiger partial charge on any atom is 0.0379 e. The maximum atomic E-state index is 3.90. The Hall–Kier alpha value is -1.24. The molecule has 0 amide bonds. The van der Waals surface area contributed by atoms with Crippen LogP contribution in [0.2, 0.25) is 0 Å². The molecular formula is C14H21N. The molecule has 1 heteroatoms. The van der Waals surface area contributed by atoms with E-state index in [1.54, 1.807) is 0 Å². The van der Waals surface area contributed by atoms with Gasteiger partial charge in [0, 0.05) is 11.4 Å². The van der Waals surface area contributed by atoms with Crippen molar-refractivity contribution in [1.82, 2.24) is 5.32 Å². The van der Waals surface area contributed by atoms with E-state index >= 15 is 0 Å². The summed E-state index contributed by atoms with van der Waals surface area (Å²) in [5.74, 6) is 0.533. The maximum absolute atomic E-state index is 3.90. The van der Waals surface area contributed by atoms with Crippen LogP contribution < -0.4 is 5.32 Å². The summed E-state index contributed by atoms with van der Waals surface area (Å²) < 4.78 is 0. The predicted octanol–water partition coefficient (Wildman–Crippen LogP) is 3.93. The van der Waals surface area contributed by atoms with E-state index in [1.165, 1.54) is 16.8 Å². The zero-order chi connectivity index (χ0) is 11.4. The van der Waals surface area contributed by atoms with Crippen LogP contribution in [-0.2, 0) is 0 Å². The van der Waals surface area contributed by atoms with Gasteiger partial charge in [0.1, 0.15) is 0 Å². The normalized spacial score (nSPS) is 16.5. The highest BCUT2D eigenvalue weighted by Gasteiger charge is 2.10. The number of nitrogens with one attached hydrogen (secondary N) is 1. The van der Waals surface area contributed by atoms with Gasteiger partial charge in [0.15, 0.2) is 0 Å². The lowest BCUT2D eigenvalue weighted by Crippen LogP contribution is -2.14. The smallest absolute Gasteiger partial charge is 0.0379 e. The van der Waals surface area contributed by atoms with Gasteiger partial charge in [0.2, 0.25) is 0 Å². The molecule has 1 N–H and O–H groups in total. The first-order valence-electron chi connectivity index (χ1n) is 5.51. The fraction of sp³-hybridized carbons (Fsp3) is 0.429. The van der Waals surface area contributed by atoms with Gasteiger partial charge in [-0.3, -0.25) is 0 Å². The molecule has 15 heavy (non-hydrogen) atoms. The summed E-state index contributed by atoms with van der Waals surface area (Å²) in [7, 11) is 0. The molecule has 0 fully saturated rings. The minimum absolute atomic E-state index is 0.533. The van der Waals surface area contributed by atoms with Crippen LogP contribution in [0.1, 0.15) is 34.1 Å². The molecule has 1 rings (SSSR count). The number of allylic oxidation sites excluding steroid dienone is 6. The van der Waals surface area contributed by atoms with E-state index in [4.69, 9.17) is 0 Å². The molecule has 0 saturated heterocycles. The Morgan fingerprint density at radius 1 is 1.40 bits per heavy atom. The molecule has 1 aliphatic carbocycles. The van der Waals surface area contributed by atoms with Crippen molar-refractivity contribution < 1.29 is 0 Å². The number of hydrogen-bond acceptors (Lipinski definition) is 1. The van der Waals surface area contributed by atoms with E-state index < -0.39 is 0 Å². The Morgan fingerprint density at radius 2 is 2.07 bits per heavy atom. The van der Waals surface area contributed by atoms with E-state index in [0.717, 1.165) is 12.1 Å². The van der Waals surface area contributed by atoms with Gasteiger partial charge in [0.25, 0.3) is 0 Å². The molecule has 0 bridgehead atoms. The molecule has 0 aliphatic heterocycles. The molecule has 82 valence electrons. The van der Waals surface area contributed by atoms with Crippen LogP contribution in [0.3, 0.4) is 0 Å². The molecule has 0 aromatic rings. The first-order valence-corrected chi connectivity index (χ1v) is 5.51. The number of rotatable bonds is 3. The van der Waals surface area contributed by atoms with Crippen molar-refractivity contribution in [3.63, 3.8) is 0 Å². The van der Waals surface area contributed by atoms with Crippen LogP contribution in [0.5, 0.6) is 0 Å². The minimum atomic E-state index is 0.533. The summed E-state index contributed by atoms with van der Waals surface area (Å²) in [5, 5.41) is 3.34. The van der Waals surface area contributed by atoms with E-state index in [0.29, 0.717) is 5.92 Å². The Kier molecular flexibility index (Phi) is 3.96. The molecule has 1 aliphatic rings. The lowest BCUT2D eigenvalue weighted by atomic mass is 9.99. The van der Waals surface area contributed by atoms with Crippen LogP contribution in [0.15, 0.2) is 47.3 Å². The van der Waals surface area contributed by atoms with Gasteiger partial charge in [-0.05, 0) is 31.8 Å². The summed E-state index contributed by atoms with van der Waals surface area (Å²) >= 11 is 0. The summed E-state index contributed by atoms with van der Waals surface area (Å²) in [5.41, 5.74) is 4.96. The van der Waals surface area contributed by atoms with E-state index in [-0.39, 0.29) is 0 Å². The first kappa shape index (κ1) is 11.8. The first-order chi connectivity index (χ1) is 7.00. The van der Waals surface area contributed by atoms with Gasteiger partial charge in [-0.15, -0.1) is 0 Å². The fourth-order valence-electron chi connectivity index (χ4n) is 1.63. The molecule has 0 radical (unpaired) electrons. The highest BCUT2D eigenvalue weighted by atomic mass is 14.9. The van der Waals surface area contributed by atoms with Crippen molar-refractivity contribution in [3.05, 3.63) is 47.3 Å². The van der Waals surface area contributed by atoms with Gasteiger partial charge < -0.3 is 5.32 Å². The molecule has 0 aromatic carbocycles. The quantitative estimate of drug-likeness (QED) is 0.733. The fourth-order valence-corrected chi connectivity index (χ4v) is 1.63. The second-order valence-corrected chi connectivity index (χ2v) is 4.52. The van der Waals surface area contributed by atoms with Crippen molar-refractivity contribution in [2.75, 3.05) is 0 Å². The van der Waals surface area contributed by atoms with Crippen LogP contribution in [0, 0.1) is 5.92 Å². The standard InChI is InChI=1S/C14H21N/c1-10(2)13-8-6-12(5)7-9-14(13)15-11(3)4/h6,8-10,15H,3,7H2,1-2,4-5H3. The van der Waals surface area contributed by atoms with Crippen LogP contribution in [-0.4, -0.2) is 0 Å². The Bertz CT molecular complexity index is 340. The van der Waals surface area contributed by atoms with Crippen molar-refractivity contribution in [2.45, 2.75) is 34.1 Å². The zero-order valence-corrected chi connectivity index (χ0v) is 10.2. The predicted molar refractivity (Wildman–Crippen MR) is 67.3 cm³/mol. The lowest BCUT2D eigenvalue weighted by molar-refractivity contribution is 0.754. The van der Waals surface area contributed by atoms with E-state index in [1.807, 2.05) is 6.92 Å². The Labute approximate surface area is 93.3 Å². The third-order valence-electron chi connectivity index (χ3n) is 2.46. The van der Waals surface area contributed by atoms with Crippen LogP contribution in [0.4, 0.5) is 0 Å². The second-order valence-electron chi connectivity index (χ2n) is 4.52. The third kappa shape index (κ3) is 3.43. The molecule has 1 nitrogen and oxygen atoms in total. The highest BCUT2D eigenvalue weighted by molar-refractivity contribution is 5.39. The topological polar surface area (TPSA) is 12.0 Å². The average molecular weight is 203 g/mol. The Balaban J connectivity index is 2.97. The largest absolute Gasteiger partial charge is 0.360 e. The molecule has 0 spiro atoms. The summed E-state index contributed by atoms with van der Waals surface area (Å²) in [6.07, 6.45) is 7.69. The Morgan fingerprint density at radius 3 is 2.60 bits per heavy atom. The minimum Gasteiger partial charge on any atom is -0.360 e. The number of hydrogen-bond donors (Lipinski definition) is 1. The summed E-state index contributed by atoms with van der Waals surface area (Å²) in [6, 6.07) is 0. The molecular weight excluding hydrogens is 182 g/mol. The lowest BCUT2D eigenvalue weighted by Gasteiger charge is -2.16. The molecule has 0 unspecified atom stereocenters. The molecule has 0 saturated carbocycles. The third-order valence-corrected chi connectivity index (χ3v) is 2.46. The molecule has 0 heterocycles. The second kappa shape index (κ2) is 5.01. The highest BCUT2D eigenvalue weighted by Crippen LogP contribution is 2.23. The van der Waals surface area contributed by atoms with Crippen LogP contribution in [0.25, 0.3) is 0 Å². The summed E-state index contributed by atoms with van der Waals surface area (Å²) in [4.78, 5) is 0. The zero-order valence-electron chi connectivity index (χ0n) is 10.2. The SMILES string of the molecule is C=C(C)NC1=CCC(C)=CC=C1C(C)C. The van der Waals surface area contributed by atoms with Gasteiger partial charge in [-0.1, -0.05) is 44.2 Å². The van der Waals surface area contributed by atoms with Crippen LogP contribution >= 0.6 is 0 Å². The van der Waals surface area contributed by atoms with E-state index in [2.05, 4.69) is 50.9 Å². The monoisotopic (exact) mass is 203 g/mol. The van der Waals surface area contributed by atoms with Gasteiger partial charge in [-0.25, -0.2) is 0 Å². The van der Waals surface area contributed by atoms with Crippen molar-refractivity contribution in [1.29, 1.82) is 0 Å². The van der Waals surface area contributed by atoms with Crippen molar-refractivity contribution >= 4 is 0 Å². The van der Waals surface area contributed by atoms with Crippen molar-refractivity contribution in [2.24, 2.45) is 5.92 Å².